The first-order chi connectivity index (χ1) is 8.23. The van der Waals surface area contributed by atoms with Crippen molar-refractivity contribution in [1.29, 1.82) is 0 Å². The molecule has 2 rings (SSSR count). The summed E-state index contributed by atoms with van der Waals surface area (Å²) in [5.41, 5.74) is 0.420. The van der Waals surface area contributed by atoms with Crippen LogP contribution in [0.2, 0.25) is 0 Å². The largest absolute Gasteiger partial charge is 0.381 e. The Hall–Kier alpha value is -0.380. The van der Waals surface area contributed by atoms with Crippen molar-refractivity contribution in [2.24, 2.45) is 5.41 Å². The molecule has 3 heteroatoms. The van der Waals surface area contributed by atoms with Crippen LogP contribution in [0.15, 0.2) is 17.5 Å². The summed E-state index contributed by atoms with van der Waals surface area (Å²) in [4.78, 5) is 1.46. The highest BCUT2D eigenvalue weighted by molar-refractivity contribution is 7.10. The SMILES string of the molecule is CCC(NCC1(C)CCOCC1)c1cccs1. The van der Waals surface area contributed by atoms with Gasteiger partial charge in [-0.3, -0.25) is 0 Å². The lowest BCUT2D eigenvalue weighted by atomic mass is 9.82. The van der Waals surface area contributed by atoms with E-state index in [0.717, 1.165) is 26.2 Å². The van der Waals surface area contributed by atoms with Crippen LogP contribution in [0, 0.1) is 5.41 Å². The van der Waals surface area contributed by atoms with Crippen molar-refractivity contribution in [3.8, 4) is 0 Å². The van der Waals surface area contributed by atoms with Gasteiger partial charge in [0.15, 0.2) is 0 Å². The molecule has 1 saturated heterocycles. The standard InChI is InChI=1S/C14H23NOS/c1-3-12(13-5-4-10-17-13)15-11-14(2)6-8-16-9-7-14/h4-5,10,12,15H,3,6-9,11H2,1-2H3. The number of thiophene rings is 1. The molecule has 1 aliphatic heterocycles. The maximum Gasteiger partial charge on any atom is 0.0471 e. The average Bonchev–Trinajstić information content (AvgIpc) is 2.84. The summed E-state index contributed by atoms with van der Waals surface area (Å²) in [5.74, 6) is 0. The minimum Gasteiger partial charge on any atom is -0.381 e. The lowest BCUT2D eigenvalue weighted by Crippen LogP contribution is -2.38. The van der Waals surface area contributed by atoms with Crippen molar-refractivity contribution in [3.63, 3.8) is 0 Å². The smallest absolute Gasteiger partial charge is 0.0471 e. The van der Waals surface area contributed by atoms with E-state index in [1.54, 1.807) is 0 Å². The van der Waals surface area contributed by atoms with Gasteiger partial charge in [-0.2, -0.15) is 0 Å². The Morgan fingerprint density at radius 3 is 2.82 bits per heavy atom. The van der Waals surface area contributed by atoms with Crippen molar-refractivity contribution in [2.75, 3.05) is 19.8 Å². The summed E-state index contributed by atoms with van der Waals surface area (Å²) < 4.78 is 5.44. The molecular weight excluding hydrogens is 230 g/mol. The van der Waals surface area contributed by atoms with Gasteiger partial charge in [0, 0.05) is 30.7 Å². The summed E-state index contributed by atoms with van der Waals surface area (Å²) in [7, 11) is 0. The van der Waals surface area contributed by atoms with Crippen LogP contribution < -0.4 is 5.32 Å². The van der Waals surface area contributed by atoms with Crippen molar-refractivity contribution in [3.05, 3.63) is 22.4 Å². The van der Waals surface area contributed by atoms with Gasteiger partial charge in [0.25, 0.3) is 0 Å². The minimum atomic E-state index is 0.420. The Morgan fingerprint density at radius 2 is 2.24 bits per heavy atom. The van der Waals surface area contributed by atoms with Gasteiger partial charge < -0.3 is 10.1 Å². The molecule has 2 nitrogen and oxygen atoms in total. The van der Waals surface area contributed by atoms with E-state index in [-0.39, 0.29) is 0 Å². The molecule has 1 aliphatic rings. The van der Waals surface area contributed by atoms with Crippen molar-refractivity contribution in [1.82, 2.24) is 5.32 Å². The second kappa shape index (κ2) is 5.98. The molecule has 0 radical (unpaired) electrons. The number of rotatable bonds is 5. The van der Waals surface area contributed by atoms with E-state index in [0.29, 0.717) is 11.5 Å². The predicted octanol–water partition coefficient (Wildman–Crippen LogP) is 3.61. The van der Waals surface area contributed by atoms with Crippen molar-refractivity contribution < 1.29 is 4.74 Å². The monoisotopic (exact) mass is 253 g/mol. The van der Waals surface area contributed by atoms with Crippen LogP contribution in [-0.4, -0.2) is 19.8 Å². The third kappa shape index (κ3) is 3.54. The molecule has 0 spiro atoms. The fraction of sp³-hybridized carbons (Fsp3) is 0.714. The molecular formula is C14H23NOS. The fourth-order valence-electron chi connectivity index (χ4n) is 2.35. The van der Waals surface area contributed by atoms with Crippen LogP contribution in [0.1, 0.15) is 44.0 Å². The molecule has 1 aromatic rings. The molecule has 1 atom stereocenters. The summed E-state index contributed by atoms with van der Waals surface area (Å²) in [6, 6.07) is 4.90. The van der Waals surface area contributed by atoms with E-state index in [1.807, 2.05) is 11.3 Å². The molecule has 1 N–H and O–H groups in total. The van der Waals surface area contributed by atoms with E-state index >= 15 is 0 Å². The van der Waals surface area contributed by atoms with Crippen LogP contribution in [0.4, 0.5) is 0 Å². The van der Waals surface area contributed by atoms with Crippen molar-refractivity contribution in [2.45, 2.75) is 39.2 Å². The van der Waals surface area contributed by atoms with Gasteiger partial charge in [-0.05, 0) is 36.1 Å². The van der Waals surface area contributed by atoms with Gasteiger partial charge in [0.1, 0.15) is 0 Å². The number of hydrogen-bond donors (Lipinski definition) is 1. The summed E-state index contributed by atoms with van der Waals surface area (Å²) >= 11 is 1.85. The van der Waals surface area contributed by atoms with Crippen LogP contribution in [0.5, 0.6) is 0 Å². The summed E-state index contributed by atoms with van der Waals surface area (Å²) in [5, 5.41) is 5.90. The lowest BCUT2D eigenvalue weighted by Gasteiger charge is -2.35. The number of hydrogen-bond acceptors (Lipinski definition) is 3. The van der Waals surface area contributed by atoms with Gasteiger partial charge in [-0.1, -0.05) is 19.9 Å². The Balaban J connectivity index is 1.87. The third-order valence-electron chi connectivity index (χ3n) is 3.77. The van der Waals surface area contributed by atoms with Crippen LogP contribution >= 0.6 is 11.3 Å². The molecule has 0 bridgehead atoms. The Kier molecular flexibility index (Phi) is 4.60. The van der Waals surface area contributed by atoms with E-state index in [9.17, 15) is 0 Å². The molecule has 0 aromatic carbocycles. The van der Waals surface area contributed by atoms with Crippen molar-refractivity contribution >= 4 is 11.3 Å². The molecule has 96 valence electrons. The maximum atomic E-state index is 5.44. The maximum absolute atomic E-state index is 5.44. The van der Waals surface area contributed by atoms with E-state index in [4.69, 9.17) is 4.74 Å². The van der Waals surface area contributed by atoms with E-state index in [1.165, 1.54) is 17.7 Å². The van der Waals surface area contributed by atoms with Crippen LogP contribution in [-0.2, 0) is 4.74 Å². The van der Waals surface area contributed by atoms with E-state index in [2.05, 4.69) is 36.7 Å². The molecule has 17 heavy (non-hydrogen) atoms. The van der Waals surface area contributed by atoms with Gasteiger partial charge in [-0.25, -0.2) is 0 Å². The zero-order valence-corrected chi connectivity index (χ0v) is 11.7. The number of ether oxygens (including phenoxy) is 1. The Morgan fingerprint density at radius 1 is 1.47 bits per heavy atom. The lowest BCUT2D eigenvalue weighted by molar-refractivity contribution is 0.0228. The third-order valence-corrected chi connectivity index (χ3v) is 4.76. The molecule has 1 aromatic heterocycles. The molecule has 1 fully saturated rings. The van der Waals surface area contributed by atoms with Crippen LogP contribution in [0.25, 0.3) is 0 Å². The van der Waals surface area contributed by atoms with Gasteiger partial charge >= 0.3 is 0 Å². The molecule has 1 unspecified atom stereocenters. The highest BCUT2D eigenvalue weighted by Crippen LogP contribution is 2.30. The van der Waals surface area contributed by atoms with Gasteiger partial charge in [0.2, 0.25) is 0 Å². The first-order valence-corrected chi connectivity index (χ1v) is 7.46. The first kappa shape index (κ1) is 13.1. The Labute approximate surface area is 108 Å². The average molecular weight is 253 g/mol. The zero-order chi connectivity index (χ0) is 12.1. The molecule has 0 saturated carbocycles. The van der Waals surface area contributed by atoms with Gasteiger partial charge in [-0.15, -0.1) is 11.3 Å². The first-order valence-electron chi connectivity index (χ1n) is 6.58. The summed E-state index contributed by atoms with van der Waals surface area (Å²) in [6.45, 7) is 7.59. The molecule has 0 aliphatic carbocycles. The highest BCUT2D eigenvalue weighted by atomic mass is 32.1. The zero-order valence-electron chi connectivity index (χ0n) is 10.9. The minimum absolute atomic E-state index is 0.420. The Bertz CT molecular complexity index is 317. The quantitative estimate of drug-likeness (QED) is 0.865. The normalized spacial score (nSPS) is 21.3. The topological polar surface area (TPSA) is 21.3 Å². The van der Waals surface area contributed by atoms with E-state index < -0.39 is 0 Å². The van der Waals surface area contributed by atoms with Gasteiger partial charge in [0.05, 0.1) is 0 Å². The molecule has 2 heterocycles. The second-order valence-electron chi connectivity index (χ2n) is 5.28. The summed E-state index contributed by atoms with van der Waals surface area (Å²) in [6.07, 6.45) is 3.52. The number of nitrogens with one attached hydrogen (secondary N) is 1. The predicted molar refractivity (Wildman–Crippen MR) is 73.5 cm³/mol. The molecule has 0 amide bonds. The highest BCUT2D eigenvalue weighted by Gasteiger charge is 2.27. The second-order valence-corrected chi connectivity index (χ2v) is 6.26. The van der Waals surface area contributed by atoms with Crippen LogP contribution in [0.3, 0.4) is 0 Å². The fourth-order valence-corrected chi connectivity index (χ4v) is 3.23.